The van der Waals surface area contributed by atoms with Crippen molar-refractivity contribution in [3.05, 3.63) is 59.7 Å². The Bertz CT molecular complexity index is 875. The average molecular weight is 418 g/mol. The predicted octanol–water partition coefficient (Wildman–Crippen LogP) is 1.62. The second-order valence-corrected chi connectivity index (χ2v) is 5.79. The Morgan fingerprint density at radius 3 is 1.37 bits per heavy atom. The van der Waals surface area contributed by atoms with Crippen LogP contribution in [0.3, 0.4) is 0 Å². The van der Waals surface area contributed by atoms with E-state index in [9.17, 15) is 29.4 Å². The number of rotatable bonds is 9. The van der Waals surface area contributed by atoms with E-state index >= 15 is 0 Å². The zero-order valence-electron chi connectivity index (χ0n) is 15.9. The van der Waals surface area contributed by atoms with E-state index in [-0.39, 0.29) is 11.1 Å². The van der Waals surface area contributed by atoms with E-state index in [0.717, 1.165) is 0 Å². The summed E-state index contributed by atoms with van der Waals surface area (Å²) in [7, 11) is 2.73. The highest BCUT2D eigenvalue weighted by molar-refractivity contribution is 5.95. The summed E-state index contributed by atoms with van der Waals surface area (Å²) < 4.78 is 19.6. The largest absolute Gasteiger partial charge is 0.497 e. The first-order chi connectivity index (χ1) is 14.3. The number of ether oxygens (including phenoxy) is 4. The SMILES string of the molecule is COc1cccc(C(=O)OC(C(=O)O)C(OC(=O)c2cccc(OC)c2)C(=O)O)c1. The molecule has 2 atom stereocenters. The molecule has 10 nitrogen and oxygen atoms in total. The van der Waals surface area contributed by atoms with Crippen LogP contribution in [-0.4, -0.2) is 60.5 Å². The predicted molar refractivity (Wildman–Crippen MR) is 99.7 cm³/mol. The summed E-state index contributed by atoms with van der Waals surface area (Å²) in [5, 5.41) is 18.8. The highest BCUT2D eigenvalue weighted by atomic mass is 16.6. The van der Waals surface area contributed by atoms with Gasteiger partial charge in [0.05, 0.1) is 25.3 Å². The van der Waals surface area contributed by atoms with Crippen LogP contribution in [0.2, 0.25) is 0 Å². The topological polar surface area (TPSA) is 146 Å². The Kier molecular flexibility index (Phi) is 7.34. The van der Waals surface area contributed by atoms with Gasteiger partial charge in [-0.05, 0) is 36.4 Å². The molecule has 2 rings (SSSR count). The van der Waals surface area contributed by atoms with Crippen LogP contribution in [-0.2, 0) is 19.1 Å². The van der Waals surface area contributed by atoms with Crippen molar-refractivity contribution in [3.63, 3.8) is 0 Å². The molecule has 2 aromatic rings. The van der Waals surface area contributed by atoms with Crippen molar-refractivity contribution in [2.75, 3.05) is 14.2 Å². The molecule has 0 saturated heterocycles. The Hall–Kier alpha value is -4.08. The van der Waals surface area contributed by atoms with Gasteiger partial charge in [-0.3, -0.25) is 0 Å². The number of carboxylic acid groups (broad SMARTS) is 2. The van der Waals surface area contributed by atoms with Crippen molar-refractivity contribution in [1.29, 1.82) is 0 Å². The number of carboxylic acids is 2. The number of methoxy groups -OCH3 is 2. The van der Waals surface area contributed by atoms with Crippen LogP contribution in [0.15, 0.2) is 48.5 Å². The lowest BCUT2D eigenvalue weighted by Gasteiger charge is -2.21. The fourth-order valence-electron chi connectivity index (χ4n) is 2.35. The van der Waals surface area contributed by atoms with E-state index < -0.39 is 36.1 Å². The molecule has 0 aromatic heterocycles. The lowest BCUT2D eigenvalue weighted by atomic mass is 10.1. The normalized spacial score (nSPS) is 12.2. The fourth-order valence-corrected chi connectivity index (χ4v) is 2.35. The molecule has 0 aliphatic rings. The molecule has 2 aromatic carbocycles. The second-order valence-electron chi connectivity index (χ2n) is 5.79. The van der Waals surface area contributed by atoms with Crippen molar-refractivity contribution in [1.82, 2.24) is 0 Å². The van der Waals surface area contributed by atoms with Crippen molar-refractivity contribution in [2.45, 2.75) is 12.2 Å². The van der Waals surface area contributed by atoms with Crippen molar-refractivity contribution in [3.8, 4) is 11.5 Å². The quantitative estimate of drug-likeness (QED) is 0.576. The minimum absolute atomic E-state index is 0.0798. The first-order valence-electron chi connectivity index (χ1n) is 8.42. The summed E-state index contributed by atoms with van der Waals surface area (Å²) in [6.07, 6.45) is -4.59. The lowest BCUT2D eigenvalue weighted by Crippen LogP contribution is -2.45. The van der Waals surface area contributed by atoms with Crippen molar-refractivity contribution in [2.24, 2.45) is 0 Å². The number of hydrogen-bond donors (Lipinski definition) is 2. The van der Waals surface area contributed by atoms with Crippen LogP contribution in [0.25, 0.3) is 0 Å². The monoisotopic (exact) mass is 418 g/mol. The van der Waals surface area contributed by atoms with Crippen LogP contribution < -0.4 is 9.47 Å². The van der Waals surface area contributed by atoms with E-state index in [1.165, 1.54) is 50.6 Å². The number of hydrogen-bond acceptors (Lipinski definition) is 8. The molecule has 0 saturated carbocycles. The Morgan fingerprint density at radius 1 is 0.700 bits per heavy atom. The van der Waals surface area contributed by atoms with Crippen LogP contribution >= 0.6 is 0 Å². The number of aliphatic carboxylic acids is 2. The second kappa shape index (κ2) is 9.92. The highest BCUT2D eigenvalue weighted by Crippen LogP contribution is 2.18. The molecule has 2 unspecified atom stereocenters. The van der Waals surface area contributed by atoms with Gasteiger partial charge in [-0.25, -0.2) is 19.2 Å². The van der Waals surface area contributed by atoms with E-state index in [2.05, 4.69) is 0 Å². The van der Waals surface area contributed by atoms with Crippen LogP contribution in [0.1, 0.15) is 20.7 Å². The summed E-state index contributed by atoms with van der Waals surface area (Å²) in [4.78, 5) is 47.8. The molecule has 0 radical (unpaired) electrons. The van der Waals surface area contributed by atoms with Gasteiger partial charge in [0.25, 0.3) is 0 Å². The maximum absolute atomic E-state index is 12.3. The van der Waals surface area contributed by atoms with E-state index in [1.54, 1.807) is 12.1 Å². The number of carbonyl (C=O) groups is 4. The summed E-state index contributed by atoms with van der Waals surface area (Å²) >= 11 is 0. The summed E-state index contributed by atoms with van der Waals surface area (Å²) in [6.45, 7) is 0. The Morgan fingerprint density at radius 2 is 1.07 bits per heavy atom. The molecule has 0 heterocycles. The zero-order valence-corrected chi connectivity index (χ0v) is 15.9. The van der Waals surface area contributed by atoms with Gasteiger partial charge in [0.1, 0.15) is 11.5 Å². The smallest absolute Gasteiger partial charge is 0.349 e. The van der Waals surface area contributed by atoms with Gasteiger partial charge in [-0.2, -0.15) is 0 Å². The fraction of sp³-hybridized carbons (Fsp3) is 0.200. The molecule has 0 aliphatic carbocycles. The molecule has 0 fully saturated rings. The first-order valence-corrected chi connectivity index (χ1v) is 8.42. The Labute approximate surface area is 170 Å². The summed E-state index contributed by atoms with van der Waals surface area (Å²) in [5.41, 5.74) is -0.160. The number of carbonyl (C=O) groups excluding carboxylic acids is 2. The molecular weight excluding hydrogens is 400 g/mol. The molecule has 2 N–H and O–H groups in total. The van der Waals surface area contributed by atoms with Crippen molar-refractivity contribution < 1.29 is 48.3 Å². The van der Waals surface area contributed by atoms with Crippen LogP contribution in [0.4, 0.5) is 0 Å². The molecule has 10 heteroatoms. The number of benzene rings is 2. The van der Waals surface area contributed by atoms with Gasteiger partial charge in [0, 0.05) is 0 Å². The third kappa shape index (κ3) is 5.47. The molecule has 0 aliphatic heterocycles. The molecular formula is C20H18O10. The van der Waals surface area contributed by atoms with E-state index in [4.69, 9.17) is 18.9 Å². The molecule has 158 valence electrons. The highest BCUT2D eigenvalue weighted by Gasteiger charge is 2.41. The molecule has 0 spiro atoms. The minimum atomic E-state index is -2.30. The zero-order chi connectivity index (χ0) is 22.3. The Balaban J connectivity index is 2.24. The van der Waals surface area contributed by atoms with Crippen LogP contribution in [0.5, 0.6) is 11.5 Å². The summed E-state index contributed by atoms with van der Waals surface area (Å²) in [5.74, 6) is -5.28. The standard InChI is InChI=1S/C20H18O10/c1-27-13-7-3-5-11(9-13)19(25)29-15(17(21)22)16(18(23)24)30-20(26)12-6-4-8-14(10-12)28-2/h3-10,15-16H,1-2H3,(H,21,22)(H,23,24). The van der Waals surface area contributed by atoms with Gasteiger partial charge < -0.3 is 29.2 Å². The number of esters is 2. The molecule has 0 amide bonds. The summed E-state index contributed by atoms with van der Waals surface area (Å²) in [6, 6.07) is 11.2. The lowest BCUT2D eigenvalue weighted by molar-refractivity contribution is -0.166. The first kappa shape index (κ1) is 22.2. The van der Waals surface area contributed by atoms with E-state index in [1.807, 2.05) is 0 Å². The minimum Gasteiger partial charge on any atom is -0.497 e. The van der Waals surface area contributed by atoms with Gasteiger partial charge >= 0.3 is 23.9 Å². The average Bonchev–Trinajstić information content (AvgIpc) is 2.75. The van der Waals surface area contributed by atoms with Gasteiger partial charge in [0.2, 0.25) is 12.2 Å². The molecule has 30 heavy (non-hydrogen) atoms. The third-order valence-corrected chi connectivity index (χ3v) is 3.84. The van der Waals surface area contributed by atoms with Crippen LogP contribution in [0, 0.1) is 0 Å². The van der Waals surface area contributed by atoms with E-state index in [0.29, 0.717) is 11.5 Å². The van der Waals surface area contributed by atoms with Gasteiger partial charge in [0.15, 0.2) is 0 Å². The van der Waals surface area contributed by atoms with Gasteiger partial charge in [-0.1, -0.05) is 12.1 Å². The third-order valence-electron chi connectivity index (χ3n) is 3.84. The maximum atomic E-state index is 12.3. The maximum Gasteiger partial charge on any atom is 0.349 e. The molecule has 0 bridgehead atoms. The van der Waals surface area contributed by atoms with Gasteiger partial charge in [-0.15, -0.1) is 0 Å². The van der Waals surface area contributed by atoms with Crippen molar-refractivity contribution >= 4 is 23.9 Å².